The number of amides is 1. The van der Waals surface area contributed by atoms with Crippen molar-refractivity contribution in [1.82, 2.24) is 10.6 Å². The lowest BCUT2D eigenvalue weighted by Gasteiger charge is -2.32. The average Bonchev–Trinajstić information content (AvgIpc) is 2.37. The van der Waals surface area contributed by atoms with Gasteiger partial charge in [-0.05, 0) is 39.7 Å². The normalized spacial score (nSPS) is 14.2. The number of hydrogen-bond donors (Lipinski definition) is 2. The first-order valence-electron chi connectivity index (χ1n) is 8.00. The molecule has 1 aromatic rings. The van der Waals surface area contributed by atoms with Gasteiger partial charge in [-0.3, -0.25) is 0 Å². The number of hydrogen-bond acceptors (Lipinski definition) is 3. The Bertz CT molecular complexity index is 454. The summed E-state index contributed by atoms with van der Waals surface area (Å²) in [5, 5.41) is 6.44. The highest BCUT2D eigenvalue weighted by atomic mass is 16.6. The minimum Gasteiger partial charge on any atom is -0.444 e. The Morgan fingerprint density at radius 1 is 1.14 bits per heavy atom. The summed E-state index contributed by atoms with van der Waals surface area (Å²) in [6.07, 6.45) is 1.54. The van der Waals surface area contributed by atoms with Crippen molar-refractivity contribution in [1.29, 1.82) is 0 Å². The lowest BCUT2D eigenvalue weighted by atomic mass is 9.96. The second-order valence-electron chi connectivity index (χ2n) is 7.03. The van der Waals surface area contributed by atoms with E-state index in [4.69, 9.17) is 4.74 Å². The van der Waals surface area contributed by atoms with Gasteiger partial charge in [-0.1, -0.05) is 43.7 Å². The summed E-state index contributed by atoms with van der Waals surface area (Å²) in [6.45, 7) is 11.3. The van der Waals surface area contributed by atoms with Crippen molar-refractivity contribution in [3.63, 3.8) is 0 Å². The van der Waals surface area contributed by atoms with Gasteiger partial charge in [0.25, 0.3) is 0 Å². The van der Waals surface area contributed by atoms with Gasteiger partial charge in [-0.2, -0.15) is 0 Å². The summed E-state index contributed by atoms with van der Waals surface area (Å²) in [7, 11) is 0. The van der Waals surface area contributed by atoms with Crippen molar-refractivity contribution in [2.24, 2.45) is 0 Å². The molecule has 1 atom stereocenters. The van der Waals surface area contributed by atoms with Crippen LogP contribution in [0.2, 0.25) is 0 Å². The van der Waals surface area contributed by atoms with E-state index in [1.54, 1.807) is 0 Å². The number of alkyl carbamates (subject to hydrolysis) is 1. The quantitative estimate of drug-likeness (QED) is 0.804. The van der Waals surface area contributed by atoms with Gasteiger partial charge >= 0.3 is 6.09 Å². The zero-order valence-electron chi connectivity index (χ0n) is 14.5. The predicted molar refractivity (Wildman–Crippen MR) is 90.8 cm³/mol. The molecule has 0 heterocycles. The van der Waals surface area contributed by atoms with Gasteiger partial charge < -0.3 is 15.4 Å². The lowest BCUT2D eigenvalue weighted by Crippen LogP contribution is -2.53. The molecule has 1 unspecified atom stereocenters. The van der Waals surface area contributed by atoms with Gasteiger partial charge in [-0.25, -0.2) is 4.79 Å². The van der Waals surface area contributed by atoms with Crippen LogP contribution in [0.5, 0.6) is 0 Å². The smallest absolute Gasteiger partial charge is 0.408 e. The van der Waals surface area contributed by atoms with Crippen LogP contribution < -0.4 is 10.6 Å². The van der Waals surface area contributed by atoms with E-state index in [-0.39, 0.29) is 11.6 Å². The monoisotopic (exact) mass is 306 g/mol. The number of carbonyl (C=O) groups is 1. The van der Waals surface area contributed by atoms with Gasteiger partial charge in [0.2, 0.25) is 0 Å². The average molecular weight is 306 g/mol. The highest BCUT2D eigenvalue weighted by molar-refractivity contribution is 5.68. The van der Waals surface area contributed by atoms with Crippen LogP contribution in [-0.2, 0) is 11.3 Å². The summed E-state index contributed by atoms with van der Waals surface area (Å²) in [4.78, 5) is 12.0. The molecule has 0 aliphatic heterocycles. The Balaban J connectivity index is 2.53. The van der Waals surface area contributed by atoms with Gasteiger partial charge in [0.15, 0.2) is 0 Å². The molecule has 124 valence electrons. The van der Waals surface area contributed by atoms with Gasteiger partial charge in [0, 0.05) is 13.1 Å². The second kappa shape index (κ2) is 8.18. The highest BCUT2D eigenvalue weighted by Crippen LogP contribution is 2.14. The molecule has 22 heavy (non-hydrogen) atoms. The van der Waals surface area contributed by atoms with Crippen molar-refractivity contribution >= 4 is 6.09 Å². The Hall–Kier alpha value is -1.55. The zero-order valence-corrected chi connectivity index (χ0v) is 14.5. The number of ether oxygens (including phenoxy) is 1. The van der Waals surface area contributed by atoms with Crippen LogP contribution in [0, 0.1) is 0 Å². The molecule has 4 heteroatoms. The molecule has 0 aromatic heterocycles. The molecule has 0 aliphatic carbocycles. The minimum atomic E-state index is -0.478. The van der Waals surface area contributed by atoms with Crippen LogP contribution in [0.15, 0.2) is 30.3 Å². The van der Waals surface area contributed by atoms with Crippen LogP contribution in [0.1, 0.15) is 53.0 Å². The maximum Gasteiger partial charge on any atom is 0.408 e. The van der Waals surface area contributed by atoms with E-state index in [1.807, 2.05) is 39.0 Å². The maximum absolute atomic E-state index is 12.0. The van der Waals surface area contributed by atoms with E-state index in [9.17, 15) is 4.79 Å². The molecule has 0 saturated heterocycles. The van der Waals surface area contributed by atoms with Crippen LogP contribution >= 0.6 is 0 Å². The molecule has 1 aromatic carbocycles. The number of rotatable bonds is 7. The Kier molecular flexibility index (Phi) is 6.88. The Morgan fingerprint density at radius 3 is 2.32 bits per heavy atom. The first kappa shape index (κ1) is 18.5. The third-order valence-corrected chi connectivity index (χ3v) is 3.29. The minimum absolute atomic E-state index is 0.314. The van der Waals surface area contributed by atoms with E-state index in [0.29, 0.717) is 6.54 Å². The molecule has 0 saturated carbocycles. The first-order chi connectivity index (χ1) is 10.2. The molecular weight excluding hydrogens is 276 g/mol. The van der Waals surface area contributed by atoms with E-state index in [0.717, 1.165) is 19.4 Å². The molecule has 2 N–H and O–H groups in total. The zero-order chi connectivity index (χ0) is 16.6. The third kappa shape index (κ3) is 7.46. The molecular formula is C18H30N2O2. The van der Waals surface area contributed by atoms with Crippen molar-refractivity contribution in [3.05, 3.63) is 35.9 Å². The Morgan fingerprint density at radius 2 is 1.77 bits per heavy atom. The van der Waals surface area contributed by atoms with Gasteiger partial charge in [-0.15, -0.1) is 0 Å². The number of nitrogens with one attached hydrogen (secondary N) is 2. The molecule has 1 rings (SSSR count). The van der Waals surface area contributed by atoms with Crippen LogP contribution in [-0.4, -0.2) is 23.8 Å². The summed E-state index contributed by atoms with van der Waals surface area (Å²) in [6, 6.07) is 10.2. The molecule has 0 fully saturated rings. The topological polar surface area (TPSA) is 50.4 Å². The summed E-state index contributed by atoms with van der Waals surface area (Å²) >= 11 is 0. The molecule has 0 radical (unpaired) electrons. The summed E-state index contributed by atoms with van der Waals surface area (Å²) in [5.41, 5.74) is 0.444. The fourth-order valence-corrected chi connectivity index (χ4v) is 2.38. The summed E-state index contributed by atoms with van der Waals surface area (Å²) < 4.78 is 5.37. The standard InChI is InChI=1S/C18H30N2O2/c1-6-12-18(5,20-16(21)22-17(2,3)4)14-19-13-15-10-8-7-9-11-15/h7-11,19H,6,12-14H2,1-5H3,(H,20,21). The predicted octanol–water partition coefficient (Wildman–Crippen LogP) is 3.86. The van der Waals surface area contributed by atoms with Crippen LogP contribution in [0.25, 0.3) is 0 Å². The van der Waals surface area contributed by atoms with E-state index in [1.165, 1.54) is 5.56 Å². The fraction of sp³-hybridized carbons (Fsp3) is 0.611. The summed E-state index contributed by atoms with van der Waals surface area (Å²) in [5.74, 6) is 0. The van der Waals surface area contributed by atoms with Crippen molar-refractivity contribution < 1.29 is 9.53 Å². The van der Waals surface area contributed by atoms with E-state index < -0.39 is 5.60 Å². The molecule has 1 amide bonds. The largest absolute Gasteiger partial charge is 0.444 e. The fourth-order valence-electron chi connectivity index (χ4n) is 2.38. The van der Waals surface area contributed by atoms with E-state index in [2.05, 4.69) is 36.6 Å². The first-order valence-corrected chi connectivity index (χ1v) is 8.00. The third-order valence-electron chi connectivity index (χ3n) is 3.29. The van der Waals surface area contributed by atoms with Gasteiger partial charge in [0.1, 0.15) is 5.60 Å². The van der Waals surface area contributed by atoms with E-state index >= 15 is 0 Å². The van der Waals surface area contributed by atoms with Crippen molar-refractivity contribution in [3.8, 4) is 0 Å². The molecule has 0 aliphatic rings. The van der Waals surface area contributed by atoms with Crippen LogP contribution in [0.4, 0.5) is 4.79 Å². The lowest BCUT2D eigenvalue weighted by molar-refractivity contribution is 0.0457. The molecule has 4 nitrogen and oxygen atoms in total. The maximum atomic E-state index is 12.0. The van der Waals surface area contributed by atoms with Gasteiger partial charge in [0.05, 0.1) is 5.54 Å². The van der Waals surface area contributed by atoms with Crippen molar-refractivity contribution in [2.45, 2.75) is 65.1 Å². The Labute approximate surface area is 134 Å². The second-order valence-corrected chi connectivity index (χ2v) is 7.03. The number of carbonyl (C=O) groups excluding carboxylic acids is 1. The highest BCUT2D eigenvalue weighted by Gasteiger charge is 2.27. The molecule has 0 bridgehead atoms. The SMILES string of the molecule is CCCC(C)(CNCc1ccccc1)NC(=O)OC(C)(C)C. The van der Waals surface area contributed by atoms with Crippen LogP contribution in [0.3, 0.4) is 0 Å². The van der Waals surface area contributed by atoms with Crippen molar-refractivity contribution in [2.75, 3.05) is 6.54 Å². The number of benzene rings is 1. The molecule has 0 spiro atoms.